The molecule has 7 heteroatoms. The van der Waals surface area contributed by atoms with Gasteiger partial charge in [0.2, 0.25) is 0 Å². The molecule has 0 bridgehead atoms. The highest BCUT2D eigenvalue weighted by atomic mass is 127. The molecule has 1 N–H and O–H groups in total. The van der Waals surface area contributed by atoms with E-state index in [-0.39, 0.29) is 30.0 Å². The average Bonchev–Trinajstić information content (AvgIpc) is 3.13. The molecule has 1 unspecified atom stereocenters. The Morgan fingerprint density at radius 3 is 2.38 bits per heavy atom. The van der Waals surface area contributed by atoms with Gasteiger partial charge in [-0.3, -0.25) is 9.89 Å². The molecule has 0 aliphatic heterocycles. The van der Waals surface area contributed by atoms with Crippen LogP contribution in [0.4, 0.5) is 0 Å². The fourth-order valence-corrected chi connectivity index (χ4v) is 2.67. The highest BCUT2D eigenvalue weighted by Gasteiger charge is 2.18. The Labute approximate surface area is 173 Å². The van der Waals surface area contributed by atoms with Crippen molar-refractivity contribution in [2.45, 2.75) is 12.6 Å². The summed E-state index contributed by atoms with van der Waals surface area (Å²) in [5.74, 6) is 2.64. The number of guanidine groups is 1. The highest BCUT2D eigenvalue weighted by Crippen LogP contribution is 2.18. The summed E-state index contributed by atoms with van der Waals surface area (Å²) in [5.41, 5.74) is 1.20. The van der Waals surface area contributed by atoms with Gasteiger partial charge in [0.05, 0.1) is 19.4 Å². The number of halogens is 1. The zero-order valence-electron chi connectivity index (χ0n) is 16.1. The first-order valence-electron chi connectivity index (χ1n) is 8.29. The Balaban J connectivity index is 0.00000338. The third-order valence-corrected chi connectivity index (χ3v) is 4.10. The van der Waals surface area contributed by atoms with Crippen LogP contribution in [-0.2, 0) is 6.54 Å². The van der Waals surface area contributed by atoms with E-state index in [0.29, 0.717) is 6.54 Å². The lowest BCUT2D eigenvalue weighted by atomic mass is 10.2. The van der Waals surface area contributed by atoms with E-state index in [1.54, 1.807) is 20.4 Å². The second-order valence-corrected chi connectivity index (χ2v) is 6.13. The van der Waals surface area contributed by atoms with Crippen LogP contribution < -0.4 is 10.1 Å². The number of aliphatic imine (C=N–C) groups is 1. The first-order valence-corrected chi connectivity index (χ1v) is 8.29. The molecule has 1 atom stereocenters. The van der Waals surface area contributed by atoms with Crippen LogP contribution in [0.25, 0.3) is 0 Å². The minimum atomic E-state index is 0. The number of ether oxygens (including phenoxy) is 1. The van der Waals surface area contributed by atoms with Crippen molar-refractivity contribution < 1.29 is 9.15 Å². The summed E-state index contributed by atoms with van der Waals surface area (Å²) in [6, 6.07) is 12.1. The smallest absolute Gasteiger partial charge is 0.193 e. The Kier molecular flexibility index (Phi) is 9.50. The van der Waals surface area contributed by atoms with E-state index in [2.05, 4.69) is 32.2 Å². The zero-order valence-corrected chi connectivity index (χ0v) is 18.4. The predicted molar refractivity (Wildman–Crippen MR) is 116 cm³/mol. The minimum Gasteiger partial charge on any atom is -0.497 e. The van der Waals surface area contributed by atoms with E-state index in [0.717, 1.165) is 24.0 Å². The number of nitrogens with one attached hydrogen (secondary N) is 1. The van der Waals surface area contributed by atoms with Gasteiger partial charge >= 0.3 is 0 Å². The monoisotopic (exact) mass is 472 g/mol. The Morgan fingerprint density at radius 2 is 1.88 bits per heavy atom. The Hall–Kier alpha value is -1.74. The summed E-state index contributed by atoms with van der Waals surface area (Å²) in [4.78, 5) is 8.61. The van der Waals surface area contributed by atoms with Crippen LogP contribution in [0.2, 0.25) is 0 Å². The number of rotatable bonds is 7. The molecule has 144 valence electrons. The van der Waals surface area contributed by atoms with Crippen molar-refractivity contribution >= 4 is 29.9 Å². The summed E-state index contributed by atoms with van der Waals surface area (Å²) < 4.78 is 10.8. The molecule has 0 radical (unpaired) electrons. The van der Waals surface area contributed by atoms with Crippen LogP contribution in [-0.4, -0.2) is 57.6 Å². The number of nitrogens with zero attached hydrogens (tertiary/aromatic N) is 3. The molecule has 0 fully saturated rings. The van der Waals surface area contributed by atoms with E-state index >= 15 is 0 Å². The molecular formula is C19H29IN4O2. The first-order chi connectivity index (χ1) is 12.0. The first kappa shape index (κ1) is 22.3. The van der Waals surface area contributed by atoms with Crippen LogP contribution in [0.5, 0.6) is 5.75 Å². The van der Waals surface area contributed by atoms with E-state index in [1.807, 2.05) is 45.4 Å². The molecule has 1 aromatic heterocycles. The van der Waals surface area contributed by atoms with Gasteiger partial charge in [-0.25, -0.2) is 0 Å². The number of likely N-dealkylation sites (N-methyl/N-ethyl adjacent to an activating group) is 1. The maximum absolute atomic E-state index is 5.55. The molecule has 2 aromatic rings. The van der Waals surface area contributed by atoms with Crippen LogP contribution in [0.15, 0.2) is 52.1 Å². The van der Waals surface area contributed by atoms with Gasteiger partial charge in [-0.2, -0.15) is 0 Å². The van der Waals surface area contributed by atoms with Gasteiger partial charge in [0.15, 0.2) is 5.96 Å². The highest BCUT2D eigenvalue weighted by molar-refractivity contribution is 14.0. The van der Waals surface area contributed by atoms with E-state index in [9.17, 15) is 0 Å². The third kappa shape index (κ3) is 6.21. The quantitative estimate of drug-likeness (QED) is 0.381. The summed E-state index contributed by atoms with van der Waals surface area (Å²) in [5, 5.41) is 3.43. The van der Waals surface area contributed by atoms with Crippen LogP contribution in [0, 0.1) is 0 Å². The number of furan rings is 1. The number of methoxy groups -OCH3 is 1. The second-order valence-electron chi connectivity index (χ2n) is 6.13. The molecule has 0 aliphatic carbocycles. The van der Waals surface area contributed by atoms with Crippen molar-refractivity contribution in [2.75, 3.05) is 41.8 Å². The molecule has 0 amide bonds. The molecule has 0 spiro atoms. The molecule has 1 heterocycles. The minimum absolute atomic E-state index is 0. The zero-order chi connectivity index (χ0) is 18.2. The number of hydrogen-bond donors (Lipinski definition) is 1. The van der Waals surface area contributed by atoms with Crippen molar-refractivity contribution in [3.8, 4) is 5.75 Å². The van der Waals surface area contributed by atoms with Crippen LogP contribution >= 0.6 is 24.0 Å². The van der Waals surface area contributed by atoms with E-state index in [1.165, 1.54) is 5.56 Å². The topological polar surface area (TPSA) is 53.2 Å². The molecule has 2 rings (SSSR count). The Bertz CT molecular complexity index is 657. The van der Waals surface area contributed by atoms with Gasteiger partial charge in [0.25, 0.3) is 0 Å². The molecule has 0 saturated heterocycles. The standard InChI is InChI=1S/C19H28N4O2.HI/c1-20-19(21-13-17(22(2)3)18-7-6-12-25-18)23(4)14-15-8-10-16(24-5)11-9-15;/h6-12,17H,13-14H2,1-5H3,(H,20,21);1H. The van der Waals surface area contributed by atoms with Gasteiger partial charge in [-0.05, 0) is 43.9 Å². The lowest BCUT2D eigenvalue weighted by molar-refractivity contribution is 0.256. The molecule has 1 aromatic carbocycles. The molecule has 0 aliphatic rings. The Morgan fingerprint density at radius 1 is 1.19 bits per heavy atom. The maximum atomic E-state index is 5.55. The lowest BCUT2D eigenvalue weighted by Crippen LogP contribution is -2.42. The normalized spacial score (nSPS) is 12.5. The van der Waals surface area contributed by atoms with Crippen molar-refractivity contribution in [1.82, 2.24) is 15.1 Å². The van der Waals surface area contributed by atoms with Gasteiger partial charge < -0.3 is 19.4 Å². The number of hydrogen-bond acceptors (Lipinski definition) is 4. The second kappa shape index (κ2) is 11.1. The van der Waals surface area contributed by atoms with Gasteiger partial charge in [-0.15, -0.1) is 24.0 Å². The van der Waals surface area contributed by atoms with E-state index in [4.69, 9.17) is 9.15 Å². The third-order valence-electron chi connectivity index (χ3n) is 4.10. The van der Waals surface area contributed by atoms with Crippen molar-refractivity contribution in [3.05, 3.63) is 54.0 Å². The summed E-state index contributed by atoms with van der Waals surface area (Å²) >= 11 is 0. The lowest BCUT2D eigenvalue weighted by Gasteiger charge is -2.27. The van der Waals surface area contributed by atoms with Crippen molar-refractivity contribution in [3.63, 3.8) is 0 Å². The molecule has 0 saturated carbocycles. The van der Waals surface area contributed by atoms with Gasteiger partial charge in [0, 0.05) is 27.2 Å². The fourth-order valence-electron chi connectivity index (χ4n) is 2.67. The van der Waals surface area contributed by atoms with Crippen molar-refractivity contribution in [1.29, 1.82) is 0 Å². The van der Waals surface area contributed by atoms with Gasteiger partial charge in [-0.1, -0.05) is 12.1 Å². The SMILES string of the molecule is CN=C(NCC(c1ccco1)N(C)C)N(C)Cc1ccc(OC)cc1.I. The van der Waals surface area contributed by atoms with Crippen LogP contribution in [0.1, 0.15) is 17.4 Å². The summed E-state index contributed by atoms with van der Waals surface area (Å²) in [6.45, 7) is 1.47. The van der Waals surface area contributed by atoms with Crippen LogP contribution in [0.3, 0.4) is 0 Å². The predicted octanol–water partition coefficient (Wildman–Crippen LogP) is 3.22. The molecular weight excluding hydrogens is 443 g/mol. The summed E-state index contributed by atoms with van der Waals surface area (Å²) in [6.07, 6.45) is 1.70. The summed E-state index contributed by atoms with van der Waals surface area (Å²) in [7, 11) is 9.58. The molecule has 26 heavy (non-hydrogen) atoms. The molecule has 6 nitrogen and oxygen atoms in total. The average molecular weight is 472 g/mol. The largest absolute Gasteiger partial charge is 0.497 e. The maximum Gasteiger partial charge on any atom is 0.193 e. The fraction of sp³-hybridized carbons (Fsp3) is 0.421. The van der Waals surface area contributed by atoms with E-state index < -0.39 is 0 Å². The van der Waals surface area contributed by atoms with Gasteiger partial charge in [0.1, 0.15) is 11.5 Å². The van der Waals surface area contributed by atoms with Crippen molar-refractivity contribution in [2.24, 2.45) is 4.99 Å². The number of benzene rings is 1.